The van der Waals surface area contributed by atoms with Crippen LogP contribution in [-0.2, 0) is 4.74 Å². The molecular weight excluding hydrogens is 178 g/mol. The first kappa shape index (κ1) is 11.3. The maximum atomic E-state index is 5.43. The Bertz CT molecular complexity index is 221. The summed E-state index contributed by atoms with van der Waals surface area (Å²) in [4.78, 5) is 0. The van der Waals surface area contributed by atoms with Crippen molar-refractivity contribution in [3.63, 3.8) is 0 Å². The van der Waals surface area contributed by atoms with Gasteiger partial charge in [0.1, 0.15) is 5.76 Å². The maximum absolute atomic E-state index is 5.43. The number of rotatable bonds is 7. The highest BCUT2D eigenvalue weighted by atomic mass is 16.5. The van der Waals surface area contributed by atoms with Gasteiger partial charge in [0.25, 0.3) is 0 Å². The van der Waals surface area contributed by atoms with Gasteiger partial charge in [-0.05, 0) is 32.0 Å². The van der Waals surface area contributed by atoms with Crippen molar-refractivity contribution in [1.29, 1.82) is 0 Å². The molecule has 14 heavy (non-hydrogen) atoms. The zero-order chi connectivity index (χ0) is 10.2. The fourth-order valence-electron chi connectivity index (χ4n) is 1.37. The van der Waals surface area contributed by atoms with Crippen molar-refractivity contribution in [3.8, 4) is 0 Å². The quantitative estimate of drug-likeness (QED) is 0.681. The van der Waals surface area contributed by atoms with Gasteiger partial charge in [0, 0.05) is 13.2 Å². The topological polar surface area (TPSA) is 34.4 Å². The van der Waals surface area contributed by atoms with Crippen molar-refractivity contribution in [1.82, 2.24) is 5.32 Å². The molecular formula is C11H19NO2. The Labute approximate surface area is 85.4 Å². The predicted molar refractivity (Wildman–Crippen MR) is 56.2 cm³/mol. The predicted octanol–water partition coefficient (Wildman–Crippen LogP) is 2.36. The molecule has 0 aliphatic rings. The van der Waals surface area contributed by atoms with Crippen LogP contribution >= 0.6 is 0 Å². The minimum atomic E-state index is 0.266. The largest absolute Gasteiger partial charge is 0.468 e. The zero-order valence-electron chi connectivity index (χ0n) is 8.95. The Morgan fingerprint density at radius 1 is 1.50 bits per heavy atom. The molecule has 3 heteroatoms. The molecule has 1 unspecified atom stereocenters. The molecule has 0 fully saturated rings. The second kappa shape index (κ2) is 6.62. The first-order valence-electron chi connectivity index (χ1n) is 5.17. The first-order chi connectivity index (χ1) is 6.88. The minimum Gasteiger partial charge on any atom is -0.468 e. The third kappa shape index (κ3) is 3.52. The van der Waals surface area contributed by atoms with Gasteiger partial charge in [0.05, 0.1) is 12.3 Å². The highest BCUT2D eigenvalue weighted by molar-refractivity contribution is 5.03. The summed E-state index contributed by atoms with van der Waals surface area (Å²) in [7, 11) is 1.94. The molecule has 0 bridgehead atoms. The first-order valence-corrected chi connectivity index (χ1v) is 5.17. The van der Waals surface area contributed by atoms with Crippen LogP contribution in [0.3, 0.4) is 0 Å². The van der Waals surface area contributed by atoms with E-state index in [0.29, 0.717) is 0 Å². The summed E-state index contributed by atoms with van der Waals surface area (Å²) in [5.41, 5.74) is 0. The molecule has 0 saturated carbocycles. The summed E-state index contributed by atoms with van der Waals surface area (Å²) in [6.07, 6.45) is 3.72. The van der Waals surface area contributed by atoms with E-state index in [1.807, 2.05) is 19.2 Å². The number of nitrogens with one attached hydrogen (secondary N) is 1. The zero-order valence-corrected chi connectivity index (χ0v) is 8.95. The summed E-state index contributed by atoms with van der Waals surface area (Å²) >= 11 is 0. The van der Waals surface area contributed by atoms with Gasteiger partial charge in [-0.15, -0.1) is 0 Å². The van der Waals surface area contributed by atoms with Gasteiger partial charge in [-0.2, -0.15) is 0 Å². The van der Waals surface area contributed by atoms with Crippen LogP contribution in [0.5, 0.6) is 0 Å². The highest BCUT2D eigenvalue weighted by Gasteiger charge is 2.10. The van der Waals surface area contributed by atoms with Crippen LogP contribution in [0.15, 0.2) is 22.8 Å². The lowest BCUT2D eigenvalue weighted by Gasteiger charge is -2.13. The van der Waals surface area contributed by atoms with Crippen molar-refractivity contribution in [2.45, 2.75) is 25.8 Å². The lowest BCUT2D eigenvalue weighted by atomic mass is 10.1. The van der Waals surface area contributed by atoms with Gasteiger partial charge in [-0.25, -0.2) is 0 Å². The van der Waals surface area contributed by atoms with E-state index in [9.17, 15) is 0 Å². The van der Waals surface area contributed by atoms with Crippen molar-refractivity contribution in [2.24, 2.45) is 0 Å². The molecule has 1 aromatic rings. The fraction of sp³-hybridized carbons (Fsp3) is 0.636. The third-order valence-electron chi connectivity index (χ3n) is 2.13. The van der Waals surface area contributed by atoms with Gasteiger partial charge >= 0.3 is 0 Å². The van der Waals surface area contributed by atoms with E-state index in [1.54, 1.807) is 6.26 Å². The maximum Gasteiger partial charge on any atom is 0.120 e. The Balaban J connectivity index is 2.26. The van der Waals surface area contributed by atoms with Crippen LogP contribution in [0.2, 0.25) is 0 Å². The van der Waals surface area contributed by atoms with Gasteiger partial charge in [0.2, 0.25) is 0 Å². The monoisotopic (exact) mass is 197 g/mol. The van der Waals surface area contributed by atoms with Gasteiger partial charge < -0.3 is 14.5 Å². The lowest BCUT2D eigenvalue weighted by Crippen LogP contribution is -2.17. The number of furan rings is 1. The third-order valence-corrected chi connectivity index (χ3v) is 2.13. The van der Waals surface area contributed by atoms with Crippen LogP contribution in [0.25, 0.3) is 0 Å². The minimum absolute atomic E-state index is 0.266. The van der Waals surface area contributed by atoms with E-state index >= 15 is 0 Å². The summed E-state index contributed by atoms with van der Waals surface area (Å²) in [5.74, 6) is 0.979. The van der Waals surface area contributed by atoms with E-state index in [-0.39, 0.29) is 6.04 Å². The molecule has 1 atom stereocenters. The summed E-state index contributed by atoms with van der Waals surface area (Å²) < 4.78 is 10.8. The number of hydrogen-bond acceptors (Lipinski definition) is 3. The molecule has 1 rings (SSSR count). The molecule has 80 valence electrons. The second-order valence-corrected chi connectivity index (χ2v) is 3.26. The van der Waals surface area contributed by atoms with E-state index in [0.717, 1.165) is 31.8 Å². The van der Waals surface area contributed by atoms with Crippen LogP contribution in [0, 0.1) is 0 Å². The van der Waals surface area contributed by atoms with Crippen LogP contribution in [-0.4, -0.2) is 20.3 Å². The highest BCUT2D eigenvalue weighted by Crippen LogP contribution is 2.16. The Hall–Kier alpha value is -0.800. The fourth-order valence-corrected chi connectivity index (χ4v) is 1.37. The van der Waals surface area contributed by atoms with E-state index in [1.165, 1.54) is 0 Å². The number of hydrogen-bond donors (Lipinski definition) is 1. The molecule has 3 nitrogen and oxygen atoms in total. The van der Waals surface area contributed by atoms with E-state index < -0.39 is 0 Å². The van der Waals surface area contributed by atoms with Crippen LogP contribution in [0.1, 0.15) is 31.6 Å². The average Bonchev–Trinajstić information content (AvgIpc) is 2.71. The van der Waals surface area contributed by atoms with E-state index in [4.69, 9.17) is 9.15 Å². The molecule has 0 aromatic carbocycles. The van der Waals surface area contributed by atoms with Crippen LogP contribution < -0.4 is 5.32 Å². The molecule has 1 N–H and O–H groups in total. The molecule has 0 saturated heterocycles. The SMILES string of the molecule is CCCOCCC(NC)c1ccco1. The summed E-state index contributed by atoms with van der Waals surface area (Å²) in [5, 5.41) is 3.21. The molecule has 0 aliphatic heterocycles. The van der Waals surface area contributed by atoms with Crippen molar-refractivity contribution >= 4 is 0 Å². The average molecular weight is 197 g/mol. The Kier molecular flexibility index (Phi) is 5.33. The molecule has 0 spiro atoms. The molecule has 0 amide bonds. The van der Waals surface area contributed by atoms with Crippen LogP contribution in [0.4, 0.5) is 0 Å². The molecule has 1 heterocycles. The second-order valence-electron chi connectivity index (χ2n) is 3.26. The summed E-state index contributed by atoms with van der Waals surface area (Å²) in [6, 6.07) is 4.16. The van der Waals surface area contributed by atoms with Gasteiger partial charge in [0.15, 0.2) is 0 Å². The van der Waals surface area contributed by atoms with Gasteiger partial charge in [-0.3, -0.25) is 0 Å². The van der Waals surface area contributed by atoms with Gasteiger partial charge in [-0.1, -0.05) is 6.92 Å². The Morgan fingerprint density at radius 3 is 2.93 bits per heavy atom. The lowest BCUT2D eigenvalue weighted by molar-refractivity contribution is 0.123. The molecule has 0 radical (unpaired) electrons. The molecule has 0 aliphatic carbocycles. The van der Waals surface area contributed by atoms with Crippen molar-refractivity contribution in [2.75, 3.05) is 20.3 Å². The summed E-state index contributed by atoms with van der Waals surface area (Å²) in [6.45, 7) is 3.73. The smallest absolute Gasteiger partial charge is 0.120 e. The van der Waals surface area contributed by atoms with Crippen molar-refractivity contribution in [3.05, 3.63) is 24.2 Å². The number of ether oxygens (including phenoxy) is 1. The Morgan fingerprint density at radius 2 is 2.36 bits per heavy atom. The standard InChI is InChI=1S/C11H19NO2/c1-3-7-13-9-6-10(12-2)11-5-4-8-14-11/h4-5,8,10,12H,3,6-7,9H2,1-2H3. The van der Waals surface area contributed by atoms with Crippen molar-refractivity contribution < 1.29 is 9.15 Å². The van der Waals surface area contributed by atoms with E-state index in [2.05, 4.69) is 12.2 Å². The molecule has 1 aromatic heterocycles. The normalized spacial score (nSPS) is 13.0.